The zero-order chi connectivity index (χ0) is 13.8. The van der Waals surface area contributed by atoms with E-state index in [9.17, 15) is 4.79 Å². The summed E-state index contributed by atoms with van der Waals surface area (Å²) in [6.07, 6.45) is 2.51. The maximum Gasteiger partial charge on any atom is 0.256 e. The second kappa shape index (κ2) is 6.50. The molecule has 0 unspecified atom stereocenters. The van der Waals surface area contributed by atoms with Crippen LogP contribution in [0, 0.1) is 5.92 Å². The number of hydrogen-bond donors (Lipinski definition) is 0. The Hall–Kier alpha value is -0.910. The van der Waals surface area contributed by atoms with E-state index in [1.165, 1.54) is 23.8 Å². The number of aromatic nitrogens is 2. The van der Waals surface area contributed by atoms with Crippen LogP contribution >= 0.6 is 23.2 Å². The van der Waals surface area contributed by atoms with Crippen molar-refractivity contribution < 1.29 is 9.53 Å². The predicted molar refractivity (Wildman–Crippen MR) is 72.6 cm³/mol. The monoisotopic (exact) mass is 303 g/mol. The molecule has 0 atom stereocenters. The predicted octanol–water partition coefficient (Wildman–Crippen LogP) is 2.28. The van der Waals surface area contributed by atoms with Gasteiger partial charge in [0, 0.05) is 20.2 Å². The Kier molecular flexibility index (Phi) is 4.96. The summed E-state index contributed by atoms with van der Waals surface area (Å²) in [5, 5.41) is 7.39. The van der Waals surface area contributed by atoms with Gasteiger partial charge in [-0.15, -0.1) is 10.2 Å². The van der Waals surface area contributed by atoms with E-state index in [2.05, 4.69) is 10.2 Å². The number of likely N-dealkylation sites (N-methyl/N-ethyl adjacent to an activating group) is 1. The number of halogens is 2. The summed E-state index contributed by atoms with van der Waals surface area (Å²) >= 11 is 11.5. The van der Waals surface area contributed by atoms with Crippen LogP contribution in [0.4, 0.5) is 0 Å². The molecular weight excluding hydrogens is 289 g/mol. The smallest absolute Gasteiger partial charge is 0.256 e. The first-order chi connectivity index (χ1) is 9.08. The summed E-state index contributed by atoms with van der Waals surface area (Å²) in [4.78, 5) is 13.7. The lowest BCUT2D eigenvalue weighted by molar-refractivity contribution is 0.0680. The summed E-state index contributed by atoms with van der Waals surface area (Å²) in [7, 11) is 1.69. The molecule has 7 heteroatoms. The molecule has 2 rings (SSSR count). The van der Waals surface area contributed by atoms with Gasteiger partial charge in [0.1, 0.15) is 0 Å². The zero-order valence-corrected chi connectivity index (χ0v) is 12.1. The molecule has 1 aliphatic rings. The molecule has 0 radical (unpaired) electrons. The molecule has 5 nitrogen and oxygen atoms in total. The molecule has 1 fully saturated rings. The molecule has 1 aliphatic carbocycles. The van der Waals surface area contributed by atoms with Crippen LogP contribution in [0.3, 0.4) is 0 Å². The standard InChI is InChI=1S/C12H15Cl2N3O2/c1-17(4-5-19-7-8-2-3-8)12(18)9-6-10(13)15-16-11(9)14/h6,8H,2-5,7H2,1H3. The van der Waals surface area contributed by atoms with Gasteiger partial charge in [-0.2, -0.15) is 0 Å². The van der Waals surface area contributed by atoms with Crippen molar-refractivity contribution in [3.63, 3.8) is 0 Å². The lowest BCUT2D eigenvalue weighted by Crippen LogP contribution is -2.30. The Morgan fingerprint density at radius 3 is 2.89 bits per heavy atom. The average molecular weight is 304 g/mol. The highest BCUT2D eigenvalue weighted by Crippen LogP contribution is 2.28. The molecule has 1 aromatic heterocycles. The van der Waals surface area contributed by atoms with Crippen LogP contribution in [-0.4, -0.2) is 47.8 Å². The number of hydrogen-bond acceptors (Lipinski definition) is 4. The van der Waals surface area contributed by atoms with Crippen molar-refractivity contribution in [2.24, 2.45) is 5.92 Å². The summed E-state index contributed by atoms with van der Waals surface area (Å²) in [6, 6.07) is 1.42. The fraction of sp³-hybridized carbons (Fsp3) is 0.583. The molecule has 0 bridgehead atoms. The van der Waals surface area contributed by atoms with E-state index in [1.807, 2.05) is 0 Å². The summed E-state index contributed by atoms with van der Waals surface area (Å²) < 4.78 is 5.49. The van der Waals surface area contributed by atoms with E-state index in [0.717, 1.165) is 12.5 Å². The molecule has 1 amide bonds. The number of nitrogens with zero attached hydrogens (tertiary/aromatic N) is 3. The van der Waals surface area contributed by atoms with Gasteiger partial charge in [-0.25, -0.2) is 0 Å². The minimum Gasteiger partial charge on any atom is -0.379 e. The van der Waals surface area contributed by atoms with Crippen LogP contribution in [0.5, 0.6) is 0 Å². The third-order valence-electron chi connectivity index (χ3n) is 2.92. The SMILES string of the molecule is CN(CCOCC1CC1)C(=O)c1cc(Cl)nnc1Cl. The quantitative estimate of drug-likeness (QED) is 0.757. The first-order valence-corrected chi connectivity index (χ1v) is 6.85. The third-order valence-corrected chi connectivity index (χ3v) is 3.38. The lowest BCUT2D eigenvalue weighted by Gasteiger charge is -2.17. The van der Waals surface area contributed by atoms with Gasteiger partial charge in [0.05, 0.1) is 12.2 Å². The first kappa shape index (κ1) is 14.5. The van der Waals surface area contributed by atoms with Crippen molar-refractivity contribution in [3.8, 4) is 0 Å². The second-order valence-electron chi connectivity index (χ2n) is 4.62. The van der Waals surface area contributed by atoms with Crippen LogP contribution in [0.1, 0.15) is 23.2 Å². The Morgan fingerprint density at radius 1 is 1.47 bits per heavy atom. The first-order valence-electron chi connectivity index (χ1n) is 6.10. The minimum absolute atomic E-state index is 0.0557. The van der Waals surface area contributed by atoms with Crippen molar-refractivity contribution in [1.29, 1.82) is 0 Å². The zero-order valence-electron chi connectivity index (χ0n) is 10.6. The van der Waals surface area contributed by atoms with E-state index >= 15 is 0 Å². The molecule has 0 spiro atoms. The number of carbonyl (C=O) groups excluding carboxylic acids is 1. The maximum absolute atomic E-state index is 12.1. The Balaban J connectivity index is 1.84. The normalized spacial score (nSPS) is 14.5. The summed E-state index contributed by atoms with van der Waals surface area (Å²) in [5.41, 5.74) is 0.256. The van der Waals surface area contributed by atoms with Crippen LogP contribution in [0.15, 0.2) is 6.07 Å². The second-order valence-corrected chi connectivity index (χ2v) is 5.36. The fourth-order valence-corrected chi connectivity index (χ4v) is 1.87. The summed E-state index contributed by atoms with van der Waals surface area (Å²) in [6.45, 7) is 1.80. The van der Waals surface area contributed by atoms with Crippen LogP contribution in [-0.2, 0) is 4.74 Å². The molecule has 0 N–H and O–H groups in total. The molecule has 1 heterocycles. The van der Waals surface area contributed by atoms with Gasteiger partial charge in [-0.3, -0.25) is 4.79 Å². The van der Waals surface area contributed by atoms with E-state index in [-0.39, 0.29) is 21.8 Å². The largest absolute Gasteiger partial charge is 0.379 e. The Morgan fingerprint density at radius 2 is 2.21 bits per heavy atom. The lowest BCUT2D eigenvalue weighted by atomic mass is 10.3. The van der Waals surface area contributed by atoms with E-state index in [4.69, 9.17) is 27.9 Å². The van der Waals surface area contributed by atoms with Crippen LogP contribution < -0.4 is 0 Å². The highest BCUT2D eigenvalue weighted by atomic mass is 35.5. The molecule has 1 aromatic rings. The molecule has 0 aromatic carbocycles. The summed E-state index contributed by atoms with van der Waals surface area (Å²) in [5.74, 6) is 0.482. The van der Waals surface area contributed by atoms with Gasteiger partial charge in [0.2, 0.25) is 0 Å². The molecule has 19 heavy (non-hydrogen) atoms. The minimum atomic E-state index is -0.239. The number of rotatable bonds is 6. The molecular formula is C12H15Cl2N3O2. The maximum atomic E-state index is 12.1. The van der Waals surface area contributed by atoms with E-state index in [1.54, 1.807) is 7.05 Å². The third kappa shape index (κ3) is 4.30. The highest BCUT2D eigenvalue weighted by Gasteiger charge is 2.21. The van der Waals surface area contributed by atoms with Crippen molar-refractivity contribution in [1.82, 2.24) is 15.1 Å². The average Bonchev–Trinajstić information content (AvgIpc) is 3.20. The van der Waals surface area contributed by atoms with Crippen LogP contribution in [0.25, 0.3) is 0 Å². The van der Waals surface area contributed by atoms with E-state index in [0.29, 0.717) is 13.2 Å². The molecule has 0 saturated heterocycles. The van der Waals surface area contributed by atoms with Crippen molar-refractivity contribution in [2.45, 2.75) is 12.8 Å². The van der Waals surface area contributed by atoms with Crippen molar-refractivity contribution in [2.75, 3.05) is 26.8 Å². The Labute approximate surface area is 121 Å². The van der Waals surface area contributed by atoms with Crippen molar-refractivity contribution in [3.05, 3.63) is 21.9 Å². The van der Waals surface area contributed by atoms with Gasteiger partial charge >= 0.3 is 0 Å². The molecule has 1 saturated carbocycles. The number of amides is 1. The van der Waals surface area contributed by atoms with Crippen LogP contribution in [0.2, 0.25) is 10.3 Å². The molecule has 0 aliphatic heterocycles. The number of ether oxygens (including phenoxy) is 1. The van der Waals surface area contributed by atoms with Gasteiger partial charge in [0.15, 0.2) is 10.3 Å². The van der Waals surface area contributed by atoms with Gasteiger partial charge in [-0.05, 0) is 24.8 Å². The van der Waals surface area contributed by atoms with Gasteiger partial charge in [-0.1, -0.05) is 23.2 Å². The fourth-order valence-electron chi connectivity index (χ4n) is 1.55. The van der Waals surface area contributed by atoms with Crippen molar-refractivity contribution >= 4 is 29.1 Å². The topological polar surface area (TPSA) is 55.3 Å². The van der Waals surface area contributed by atoms with Gasteiger partial charge < -0.3 is 9.64 Å². The highest BCUT2D eigenvalue weighted by molar-refractivity contribution is 6.34. The Bertz CT molecular complexity index is 466. The van der Waals surface area contributed by atoms with E-state index < -0.39 is 0 Å². The van der Waals surface area contributed by atoms with Gasteiger partial charge in [0.25, 0.3) is 5.91 Å². The molecule has 104 valence electrons. The number of carbonyl (C=O) groups is 1.